The summed E-state index contributed by atoms with van der Waals surface area (Å²) in [4.78, 5) is 0. The van der Waals surface area contributed by atoms with Gasteiger partial charge in [-0.1, -0.05) is 57.9 Å². The van der Waals surface area contributed by atoms with Gasteiger partial charge in [0.05, 0.1) is 0 Å². The van der Waals surface area contributed by atoms with E-state index in [1.807, 2.05) is 0 Å². The predicted molar refractivity (Wildman–Crippen MR) is 81.8 cm³/mol. The normalized spacial score (nSPS) is 12.8. The summed E-state index contributed by atoms with van der Waals surface area (Å²) in [6.45, 7) is 4.30. The molecule has 0 heterocycles. The highest BCUT2D eigenvalue weighted by Gasteiger charge is 2.16. The number of aryl methyl sites for hydroxylation is 1. The molecule has 2 aromatic carbocycles. The molecule has 1 aliphatic rings. The monoisotopic (exact) mass is 298 g/mol. The van der Waals surface area contributed by atoms with E-state index in [4.69, 9.17) is 0 Å². The third kappa shape index (κ3) is 1.83. The second-order valence-corrected chi connectivity index (χ2v) is 5.75. The van der Waals surface area contributed by atoms with Gasteiger partial charge in [-0.05, 0) is 54.2 Å². The van der Waals surface area contributed by atoms with Crippen molar-refractivity contribution in [1.29, 1.82) is 0 Å². The zero-order valence-electron chi connectivity index (χ0n) is 10.6. The van der Waals surface area contributed by atoms with Gasteiger partial charge in [-0.25, -0.2) is 0 Å². The highest BCUT2D eigenvalue weighted by atomic mass is 79.9. The Bertz CT molecular complexity index is 634. The lowest BCUT2D eigenvalue weighted by molar-refractivity contribution is 1.27. The molecule has 0 bridgehead atoms. The van der Waals surface area contributed by atoms with Crippen LogP contribution < -0.4 is 0 Å². The van der Waals surface area contributed by atoms with Crippen LogP contribution in [0.5, 0.6) is 0 Å². The molecule has 0 aliphatic heterocycles. The second kappa shape index (κ2) is 4.40. The molecule has 0 radical (unpaired) electrons. The number of rotatable bonds is 1. The maximum Gasteiger partial charge on any atom is 0.0216 e. The summed E-state index contributed by atoms with van der Waals surface area (Å²) in [6.07, 6.45) is 5.54. The summed E-state index contributed by atoms with van der Waals surface area (Å²) >= 11 is 3.68. The van der Waals surface area contributed by atoms with Crippen molar-refractivity contribution in [2.45, 2.75) is 20.3 Å². The first kappa shape index (κ1) is 11.7. The van der Waals surface area contributed by atoms with Crippen LogP contribution in [0.4, 0.5) is 0 Å². The van der Waals surface area contributed by atoms with E-state index in [1.165, 1.54) is 37.9 Å². The van der Waals surface area contributed by atoms with E-state index in [9.17, 15) is 0 Å². The second-order valence-electron chi connectivity index (χ2n) is 4.90. The molecule has 1 aliphatic carbocycles. The molecule has 0 spiro atoms. The van der Waals surface area contributed by atoms with Crippen molar-refractivity contribution in [2.75, 3.05) is 0 Å². The van der Waals surface area contributed by atoms with Crippen LogP contribution in [0.2, 0.25) is 0 Å². The first-order valence-electron chi connectivity index (χ1n) is 6.22. The Balaban J connectivity index is 2.23. The van der Waals surface area contributed by atoms with E-state index in [-0.39, 0.29) is 0 Å². The third-order valence-corrected chi connectivity index (χ3v) is 4.48. The summed E-state index contributed by atoms with van der Waals surface area (Å²) in [5, 5.41) is 0. The number of fused-ring (bicyclic) bond motifs is 1. The molecule has 18 heavy (non-hydrogen) atoms. The molecule has 2 aromatic rings. The van der Waals surface area contributed by atoms with Crippen LogP contribution in [0.1, 0.15) is 22.3 Å². The largest absolute Gasteiger partial charge is 0.0795 e. The van der Waals surface area contributed by atoms with Crippen molar-refractivity contribution in [1.82, 2.24) is 0 Å². The minimum absolute atomic E-state index is 1.05. The molecular formula is C17H15Br. The number of allylic oxidation sites excluding steroid dienone is 1. The molecule has 0 amide bonds. The molecule has 0 aromatic heterocycles. The summed E-state index contributed by atoms with van der Waals surface area (Å²) in [7, 11) is 0. The van der Waals surface area contributed by atoms with E-state index in [0.717, 1.165) is 6.42 Å². The first-order chi connectivity index (χ1) is 8.66. The van der Waals surface area contributed by atoms with Crippen molar-refractivity contribution in [3.8, 4) is 11.1 Å². The fraction of sp³-hybridized carbons (Fsp3) is 0.176. The molecule has 0 unspecified atom stereocenters. The van der Waals surface area contributed by atoms with Crippen LogP contribution in [0.15, 0.2) is 40.9 Å². The molecule has 0 saturated carbocycles. The van der Waals surface area contributed by atoms with Crippen molar-refractivity contribution < 1.29 is 0 Å². The van der Waals surface area contributed by atoms with Crippen LogP contribution >= 0.6 is 15.9 Å². The van der Waals surface area contributed by atoms with Crippen LogP contribution in [0, 0.1) is 13.8 Å². The van der Waals surface area contributed by atoms with Gasteiger partial charge >= 0.3 is 0 Å². The highest BCUT2D eigenvalue weighted by molar-refractivity contribution is 9.10. The van der Waals surface area contributed by atoms with Crippen molar-refractivity contribution in [2.24, 2.45) is 0 Å². The SMILES string of the molecule is Cc1ccc(-c2cc(Br)c(C)c3c2CC=C3)cc1. The summed E-state index contributed by atoms with van der Waals surface area (Å²) < 4.78 is 1.20. The highest BCUT2D eigenvalue weighted by Crippen LogP contribution is 2.37. The Morgan fingerprint density at radius 1 is 1.06 bits per heavy atom. The lowest BCUT2D eigenvalue weighted by atomic mass is 9.93. The van der Waals surface area contributed by atoms with Gasteiger partial charge in [-0.2, -0.15) is 0 Å². The van der Waals surface area contributed by atoms with Crippen LogP contribution in [-0.4, -0.2) is 0 Å². The smallest absolute Gasteiger partial charge is 0.0216 e. The molecule has 0 nitrogen and oxygen atoms in total. The standard InChI is InChI=1S/C17H15Br/c1-11-6-8-13(9-7-11)16-10-17(18)12(2)14-4-3-5-15(14)16/h3-4,6-10H,5H2,1-2H3. The fourth-order valence-corrected chi connectivity index (χ4v) is 3.00. The van der Waals surface area contributed by atoms with Gasteiger partial charge in [-0.15, -0.1) is 0 Å². The number of benzene rings is 2. The first-order valence-corrected chi connectivity index (χ1v) is 7.01. The van der Waals surface area contributed by atoms with Gasteiger partial charge in [0.25, 0.3) is 0 Å². The van der Waals surface area contributed by atoms with Gasteiger partial charge in [0.15, 0.2) is 0 Å². The average Bonchev–Trinajstić information content (AvgIpc) is 2.84. The van der Waals surface area contributed by atoms with Crippen molar-refractivity contribution in [3.05, 3.63) is 63.1 Å². The van der Waals surface area contributed by atoms with E-state index in [0.29, 0.717) is 0 Å². The average molecular weight is 299 g/mol. The zero-order chi connectivity index (χ0) is 12.7. The topological polar surface area (TPSA) is 0 Å². The quantitative estimate of drug-likeness (QED) is 0.670. The van der Waals surface area contributed by atoms with E-state index in [1.54, 1.807) is 0 Å². The van der Waals surface area contributed by atoms with Gasteiger partial charge in [0.1, 0.15) is 0 Å². The molecule has 1 heteroatoms. The van der Waals surface area contributed by atoms with E-state index >= 15 is 0 Å². The van der Waals surface area contributed by atoms with Crippen LogP contribution in [-0.2, 0) is 6.42 Å². The molecular weight excluding hydrogens is 284 g/mol. The Labute approximate surface area is 116 Å². The summed E-state index contributed by atoms with van der Waals surface area (Å²) in [6, 6.07) is 11.0. The summed E-state index contributed by atoms with van der Waals surface area (Å²) in [5.41, 5.74) is 8.16. The van der Waals surface area contributed by atoms with Gasteiger partial charge < -0.3 is 0 Å². The third-order valence-electron chi connectivity index (χ3n) is 3.65. The lowest BCUT2D eigenvalue weighted by Crippen LogP contribution is -1.93. The van der Waals surface area contributed by atoms with Gasteiger partial charge in [0.2, 0.25) is 0 Å². The molecule has 3 rings (SSSR count). The Kier molecular flexibility index (Phi) is 2.87. The minimum Gasteiger partial charge on any atom is -0.0795 e. The maximum absolute atomic E-state index is 3.68. The maximum atomic E-state index is 3.68. The van der Waals surface area contributed by atoms with Crippen LogP contribution in [0.3, 0.4) is 0 Å². The lowest BCUT2D eigenvalue weighted by Gasteiger charge is -2.13. The van der Waals surface area contributed by atoms with Gasteiger partial charge in [0, 0.05) is 4.47 Å². The van der Waals surface area contributed by atoms with Crippen molar-refractivity contribution >= 4 is 22.0 Å². The Hall–Kier alpha value is -1.34. The molecule has 0 N–H and O–H groups in total. The summed E-state index contributed by atoms with van der Waals surface area (Å²) in [5.74, 6) is 0. The number of halogens is 1. The Morgan fingerprint density at radius 2 is 1.78 bits per heavy atom. The van der Waals surface area contributed by atoms with E-state index in [2.05, 4.69) is 72.3 Å². The molecule has 90 valence electrons. The van der Waals surface area contributed by atoms with Crippen molar-refractivity contribution in [3.63, 3.8) is 0 Å². The Morgan fingerprint density at radius 3 is 2.50 bits per heavy atom. The fourth-order valence-electron chi connectivity index (χ4n) is 2.55. The predicted octanol–water partition coefficient (Wildman–Crippen LogP) is 5.30. The molecule has 0 fully saturated rings. The molecule has 0 saturated heterocycles. The number of hydrogen-bond acceptors (Lipinski definition) is 0. The minimum atomic E-state index is 1.05. The zero-order valence-corrected chi connectivity index (χ0v) is 12.2. The number of hydrogen-bond donors (Lipinski definition) is 0. The van der Waals surface area contributed by atoms with E-state index < -0.39 is 0 Å². The van der Waals surface area contributed by atoms with Crippen LogP contribution in [0.25, 0.3) is 17.2 Å². The molecule has 0 atom stereocenters. The van der Waals surface area contributed by atoms with Gasteiger partial charge in [-0.3, -0.25) is 0 Å².